The molecule has 0 unspecified atom stereocenters. The van der Waals surface area contributed by atoms with Gasteiger partial charge in [0.2, 0.25) is 0 Å². The number of thiophene rings is 1. The molecule has 0 saturated heterocycles. The highest BCUT2D eigenvalue weighted by Crippen LogP contribution is 2.33. The number of hydrogen-bond donors (Lipinski definition) is 0. The van der Waals surface area contributed by atoms with E-state index in [1.54, 1.807) is 10.9 Å². The molecule has 0 spiro atoms. The Labute approximate surface area is 198 Å². The number of ether oxygens (including phenoxy) is 1. The second kappa shape index (κ2) is 8.79. The lowest BCUT2D eigenvalue weighted by Crippen LogP contribution is -2.23. The van der Waals surface area contributed by atoms with Gasteiger partial charge in [0.15, 0.2) is 0 Å². The molecule has 2 heterocycles. The Morgan fingerprint density at radius 2 is 1.79 bits per heavy atom. The first-order valence-corrected chi connectivity index (χ1v) is 12.6. The molecule has 0 fully saturated rings. The van der Waals surface area contributed by atoms with Crippen LogP contribution in [-0.2, 0) is 24.8 Å². The molecule has 0 amide bonds. The van der Waals surface area contributed by atoms with Gasteiger partial charge in [-0.25, -0.2) is 4.98 Å². The maximum Gasteiger partial charge on any atom is 0.262 e. The highest BCUT2D eigenvalue weighted by Gasteiger charge is 2.16. The molecule has 0 saturated carbocycles. The number of rotatable bonds is 5. The summed E-state index contributed by atoms with van der Waals surface area (Å²) < 4.78 is 7.59. The van der Waals surface area contributed by atoms with Crippen LogP contribution in [0.15, 0.2) is 59.0 Å². The molecule has 0 atom stereocenters. The topological polar surface area (TPSA) is 44.1 Å². The SMILES string of the molecule is CC(C)(C)c1ccc(OCCn2cnc3scc(-c4ccc5c(c4)CCCC5)c3c2=O)cc1. The first-order chi connectivity index (χ1) is 15.9. The van der Waals surface area contributed by atoms with Crippen LogP contribution in [0.25, 0.3) is 21.3 Å². The van der Waals surface area contributed by atoms with Crippen LogP contribution in [-0.4, -0.2) is 16.2 Å². The Kier molecular flexibility index (Phi) is 5.83. The lowest BCUT2D eigenvalue weighted by atomic mass is 9.87. The molecular weight excluding hydrogens is 428 g/mol. The third-order valence-corrected chi connectivity index (χ3v) is 7.43. The molecule has 0 bridgehead atoms. The van der Waals surface area contributed by atoms with Gasteiger partial charge in [0.1, 0.15) is 17.2 Å². The van der Waals surface area contributed by atoms with Crippen molar-refractivity contribution in [3.05, 3.63) is 81.2 Å². The van der Waals surface area contributed by atoms with Gasteiger partial charge in [-0.3, -0.25) is 9.36 Å². The molecule has 5 heteroatoms. The van der Waals surface area contributed by atoms with Gasteiger partial charge < -0.3 is 4.74 Å². The summed E-state index contributed by atoms with van der Waals surface area (Å²) in [4.78, 5) is 18.7. The predicted molar refractivity (Wildman–Crippen MR) is 137 cm³/mol. The van der Waals surface area contributed by atoms with E-state index >= 15 is 0 Å². The van der Waals surface area contributed by atoms with Gasteiger partial charge in [0.05, 0.1) is 18.3 Å². The van der Waals surface area contributed by atoms with Crippen molar-refractivity contribution >= 4 is 21.6 Å². The number of aryl methyl sites for hydroxylation is 2. The van der Waals surface area contributed by atoms with Gasteiger partial charge in [0.25, 0.3) is 5.56 Å². The van der Waals surface area contributed by atoms with Crippen molar-refractivity contribution in [1.29, 1.82) is 0 Å². The molecule has 2 aromatic carbocycles. The summed E-state index contributed by atoms with van der Waals surface area (Å²) >= 11 is 1.54. The van der Waals surface area contributed by atoms with Crippen LogP contribution in [0.5, 0.6) is 5.75 Å². The predicted octanol–water partition coefficient (Wildman–Crippen LogP) is 6.38. The number of nitrogens with zero attached hydrogens (tertiary/aromatic N) is 2. The fraction of sp³-hybridized carbons (Fsp3) is 0.357. The molecule has 2 aromatic heterocycles. The molecule has 0 aliphatic heterocycles. The zero-order valence-electron chi connectivity index (χ0n) is 19.6. The quantitative estimate of drug-likeness (QED) is 0.348. The van der Waals surface area contributed by atoms with Crippen LogP contribution in [0.3, 0.4) is 0 Å². The van der Waals surface area contributed by atoms with Crippen LogP contribution in [0.4, 0.5) is 0 Å². The van der Waals surface area contributed by atoms with Crippen molar-refractivity contribution in [3.8, 4) is 16.9 Å². The Balaban J connectivity index is 1.36. The molecule has 5 rings (SSSR count). The zero-order chi connectivity index (χ0) is 23.0. The smallest absolute Gasteiger partial charge is 0.262 e. The van der Waals surface area contributed by atoms with E-state index in [9.17, 15) is 4.79 Å². The molecule has 0 radical (unpaired) electrons. The van der Waals surface area contributed by atoms with E-state index in [-0.39, 0.29) is 11.0 Å². The summed E-state index contributed by atoms with van der Waals surface area (Å²) in [6.07, 6.45) is 6.44. The fourth-order valence-corrected chi connectivity index (χ4v) is 5.46. The molecule has 0 N–H and O–H groups in total. The van der Waals surface area contributed by atoms with Crippen molar-refractivity contribution in [1.82, 2.24) is 9.55 Å². The summed E-state index contributed by atoms with van der Waals surface area (Å²) in [6, 6.07) is 14.9. The van der Waals surface area contributed by atoms with Gasteiger partial charge in [-0.2, -0.15) is 0 Å². The molecule has 170 valence electrons. The van der Waals surface area contributed by atoms with Crippen molar-refractivity contribution in [2.45, 2.75) is 58.4 Å². The third-order valence-electron chi connectivity index (χ3n) is 6.54. The summed E-state index contributed by atoms with van der Waals surface area (Å²) in [7, 11) is 0. The first-order valence-electron chi connectivity index (χ1n) is 11.7. The Bertz CT molecular complexity index is 1340. The molecule has 4 aromatic rings. The highest BCUT2D eigenvalue weighted by molar-refractivity contribution is 7.17. The number of benzene rings is 2. The average Bonchev–Trinajstić information content (AvgIpc) is 3.25. The van der Waals surface area contributed by atoms with E-state index in [2.05, 4.69) is 61.5 Å². The Morgan fingerprint density at radius 1 is 1.03 bits per heavy atom. The summed E-state index contributed by atoms with van der Waals surface area (Å²) in [5.41, 5.74) is 6.38. The Hall–Kier alpha value is -2.92. The number of fused-ring (bicyclic) bond motifs is 2. The monoisotopic (exact) mass is 458 g/mol. The lowest BCUT2D eigenvalue weighted by molar-refractivity contribution is 0.296. The lowest BCUT2D eigenvalue weighted by Gasteiger charge is -2.19. The van der Waals surface area contributed by atoms with E-state index in [0.717, 1.165) is 34.5 Å². The minimum atomic E-state index is 0.000603. The number of hydrogen-bond acceptors (Lipinski definition) is 4. The minimum Gasteiger partial charge on any atom is -0.492 e. The standard InChI is InChI=1S/C28H30N2O2S/c1-28(2,3)22-10-12-23(13-11-22)32-15-14-30-18-29-26-25(27(30)31)24(17-33-26)21-9-8-19-6-4-5-7-20(19)16-21/h8-13,16-18H,4-7,14-15H2,1-3H3. The molecular formula is C28H30N2O2S. The van der Waals surface area contributed by atoms with Crippen molar-refractivity contribution in [3.63, 3.8) is 0 Å². The van der Waals surface area contributed by atoms with Gasteiger partial charge >= 0.3 is 0 Å². The largest absolute Gasteiger partial charge is 0.492 e. The van der Waals surface area contributed by atoms with E-state index in [1.165, 1.54) is 40.9 Å². The van der Waals surface area contributed by atoms with Crippen LogP contribution in [0.2, 0.25) is 0 Å². The van der Waals surface area contributed by atoms with Gasteiger partial charge in [-0.1, -0.05) is 51.1 Å². The fourth-order valence-electron chi connectivity index (χ4n) is 4.55. The van der Waals surface area contributed by atoms with Crippen LogP contribution < -0.4 is 10.3 Å². The van der Waals surface area contributed by atoms with E-state index in [0.29, 0.717) is 18.5 Å². The minimum absolute atomic E-state index is 0.000603. The third kappa shape index (κ3) is 4.47. The molecule has 33 heavy (non-hydrogen) atoms. The van der Waals surface area contributed by atoms with E-state index in [4.69, 9.17) is 4.74 Å². The van der Waals surface area contributed by atoms with Crippen molar-refractivity contribution in [2.24, 2.45) is 0 Å². The van der Waals surface area contributed by atoms with Crippen LogP contribution in [0, 0.1) is 0 Å². The zero-order valence-corrected chi connectivity index (χ0v) is 20.4. The van der Waals surface area contributed by atoms with Gasteiger partial charge in [-0.15, -0.1) is 11.3 Å². The summed E-state index contributed by atoms with van der Waals surface area (Å²) in [5.74, 6) is 0.815. The van der Waals surface area contributed by atoms with Crippen LogP contribution in [0.1, 0.15) is 50.3 Å². The summed E-state index contributed by atoms with van der Waals surface area (Å²) in [6.45, 7) is 7.46. The average molecular weight is 459 g/mol. The van der Waals surface area contributed by atoms with E-state index < -0.39 is 0 Å². The Morgan fingerprint density at radius 3 is 2.55 bits per heavy atom. The van der Waals surface area contributed by atoms with Crippen molar-refractivity contribution < 1.29 is 4.74 Å². The van der Waals surface area contributed by atoms with Gasteiger partial charge in [-0.05, 0) is 65.5 Å². The maximum atomic E-state index is 13.3. The van der Waals surface area contributed by atoms with Crippen LogP contribution >= 0.6 is 11.3 Å². The van der Waals surface area contributed by atoms with Gasteiger partial charge in [0, 0.05) is 10.9 Å². The molecule has 1 aliphatic rings. The molecule has 4 nitrogen and oxygen atoms in total. The second-order valence-corrected chi connectivity index (χ2v) is 10.7. The second-order valence-electron chi connectivity index (χ2n) is 9.89. The number of aromatic nitrogens is 2. The first kappa shape index (κ1) is 21.9. The van der Waals surface area contributed by atoms with E-state index in [1.807, 2.05) is 12.1 Å². The highest BCUT2D eigenvalue weighted by atomic mass is 32.1. The maximum absolute atomic E-state index is 13.3. The normalized spacial score (nSPS) is 13.8. The summed E-state index contributed by atoms with van der Waals surface area (Å²) in [5, 5.41) is 2.79. The molecule has 1 aliphatic carbocycles. The van der Waals surface area contributed by atoms with Crippen molar-refractivity contribution in [2.75, 3.05) is 6.61 Å².